The molecule has 0 bridgehead atoms. The van der Waals surface area contributed by atoms with Crippen LogP contribution in [-0.2, 0) is 17.6 Å². The molecule has 2 heterocycles. The number of hydrogen-bond acceptors (Lipinski definition) is 1. The highest BCUT2D eigenvalue weighted by Gasteiger charge is 2.20. The van der Waals surface area contributed by atoms with Crippen LogP contribution in [0.15, 0.2) is 18.2 Å². The van der Waals surface area contributed by atoms with Crippen molar-refractivity contribution in [3.8, 4) is 0 Å². The Morgan fingerprint density at radius 2 is 2.10 bits per heavy atom. The van der Waals surface area contributed by atoms with Crippen LogP contribution in [0.2, 0.25) is 0 Å². The van der Waals surface area contributed by atoms with Crippen molar-refractivity contribution in [2.45, 2.75) is 39.5 Å². The fourth-order valence-electron chi connectivity index (χ4n) is 3.14. The molecule has 3 nitrogen and oxygen atoms in total. The van der Waals surface area contributed by atoms with Crippen molar-refractivity contribution in [2.75, 3.05) is 13.1 Å². The van der Waals surface area contributed by atoms with Crippen LogP contribution in [0.3, 0.4) is 0 Å². The lowest BCUT2D eigenvalue weighted by Crippen LogP contribution is -2.33. The van der Waals surface area contributed by atoms with Crippen molar-refractivity contribution in [2.24, 2.45) is 0 Å². The normalized spacial score (nSPS) is 15.2. The molecule has 2 aromatic rings. The molecule has 20 heavy (non-hydrogen) atoms. The first kappa shape index (κ1) is 13.2. The fraction of sp³-hybridized carbons (Fsp3) is 0.471. The summed E-state index contributed by atoms with van der Waals surface area (Å²) in [5.41, 5.74) is 5.25. The van der Waals surface area contributed by atoms with Crippen LogP contribution in [0, 0.1) is 6.92 Å². The second-order valence-corrected chi connectivity index (χ2v) is 5.76. The largest absolute Gasteiger partial charge is 0.358 e. The van der Waals surface area contributed by atoms with Crippen LogP contribution < -0.4 is 0 Å². The van der Waals surface area contributed by atoms with Gasteiger partial charge in [0.2, 0.25) is 5.91 Å². The topological polar surface area (TPSA) is 36.1 Å². The number of nitrogens with zero attached hydrogens (tertiary/aromatic N) is 1. The average Bonchev–Trinajstić information content (AvgIpc) is 2.63. The van der Waals surface area contributed by atoms with Crippen molar-refractivity contribution in [1.29, 1.82) is 0 Å². The van der Waals surface area contributed by atoms with Crippen LogP contribution in [-0.4, -0.2) is 28.9 Å². The van der Waals surface area contributed by atoms with Crippen molar-refractivity contribution < 1.29 is 4.79 Å². The molecular formula is C17H22N2O. The van der Waals surface area contributed by atoms with Gasteiger partial charge in [-0.1, -0.05) is 18.6 Å². The van der Waals surface area contributed by atoms with Gasteiger partial charge in [-0.3, -0.25) is 4.79 Å². The lowest BCUT2D eigenvalue weighted by Gasteiger charge is -2.19. The molecule has 1 aromatic carbocycles. The molecule has 3 rings (SSSR count). The molecule has 3 heteroatoms. The molecular weight excluding hydrogens is 248 g/mol. The lowest BCUT2D eigenvalue weighted by molar-refractivity contribution is -0.131. The number of carbonyl (C=O) groups is 1. The molecule has 1 aliphatic rings. The summed E-state index contributed by atoms with van der Waals surface area (Å²) >= 11 is 0. The number of carbonyl (C=O) groups excluding carboxylic acids is 1. The van der Waals surface area contributed by atoms with Crippen LogP contribution in [0.1, 0.15) is 36.6 Å². The molecule has 1 aromatic heterocycles. The fourth-order valence-corrected chi connectivity index (χ4v) is 3.14. The Hall–Kier alpha value is -1.77. The van der Waals surface area contributed by atoms with E-state index < -0.39 is 0 Å². The van der Waals surface area contributed by atoms with E-state index in [9.17, 15) is 4.79 Å². The predicted molar refractivity (Wildman–Crippen MR) is 81.9 cm³/mol. The van der Waals surface area contributed by atoms with Crippen LogP contribution in [0.4, 0.5) is 0 Å². The molecule has 1 N–H and O–H groups in total. The first-order chi connectivity index (χ1) is 9.69. The molecule has 0 saturated heterocycles. The molecule has 0 aliphatic carbocycles. The Kier molecular flexibility index (Phi) is 3.51. The number of aryl methyl sites for hydroxylation is 1. The molecule has 0 atom stereocenters. The molecule has 106 valence electrons. The van der Waals surface area contributed by atoms with Gasteiger partial charge >= 0.3 is 0 Å². The second kappa shape index (κ2) is 5.31. The molecule has 0 unspecified atom stereocenters. The van der Waals surface area contributed by atoms with E-state index in [-0.39, 0.29) is 0 Å². The quantitative estimate of drug-likeness (QED) is 0.893. The highest BCUT2D eigenvalue weighted by molar-refractivity contribution is 5.85. The minimum absolute atomic E-state index is 0.304. The van der Waals surface area contributed by atoms with Gasteiger partial charge in [0.25, 0.3) is 0 Å². The molecule has 0 spiro atoms. The van der Waals surface area contributed by atoms with Gasteiger partial charge in [0.1, 0.15) is 0 Å². The Morgan fingerprint density at radius 3 is 2.90 bits per heavy atom. The highest BCUT2D eigenvalue weighted by Crippen LogP contribution is 2.26. The lowest BCUT2D eigenvalue weighted by atomic mass is 10.1. The third kappa shape index (κ3) is 2.33. The zero-order valence-electron chi connectivity index (χ0n) is 12.3. The zero-order valence-corrected chi connectivity index (χ0v) is 12.3. The second-order valence-electron chi connectivity index (χ2n) is 5.76. The van der Waals surface area contributed by atoms with Crippen molar-refractivity contribution >= 4 is 16.8 Å². The minimum atomic E-state index is 0.304. The maximum Gasteiger partial charge on any atom is 0.222 e. The number of rotatable bonds is 2. The summed E-state index contributed by atoms with van der Waals surface area (Å²) in [6.45, 7) is 5.89. The van der Waals surface area contributed by atoms with Gasteiger partial charge in [-0.25, -0.2) is 0 Å². The van der Waals surface area contributed by atoms with E-state index in [0.717, 1.165) is 32.4 Å². The monoisotopic (exact) mass is 270 g/mol. The third-order valence-corrected chi connectivity index (χ3v) is 4.23. The van der Waals surface area contributed by atoms with Gasteiger partial charge < -0.3 is 9.88 Å². The first-order valence-corrected chi connectivity index (χ1v) is 7.57. The van der Waals surface area contributed by atoms with Crippen molar-refractivity contribution in [3.05, 3.63) is 35.0 Å². The number of hydrogen-bond donors (Lipinski definition) is 1. The van der Waals surface area contributed by atoms with Crippen LogP contribution >= 0.6 is 0 Å². The molecule has 1 amide bonds. The summed E-state index contributed by atoms with van der Waals surface area (Å²) in [5.74, 6) is 0.304. The number of amides is 1. The standard InChI is InChI=1S/C17H22N2O/c1-3-4-17(20)19-9-7-13-14-11-12(2)5-6-15(14)18-16(13)8-10-19/h5-6,11,18H,3-4,7-10H2,1-2H3. The minimum Gasteiger partial charge on any atom is -0.358 e. The smallest absolute Gasteiger partial charge is 0.222 e. The summed E-state index contributed by atoms with van der Waals surface area (Å²) in [6.07, 6.45) is 3.52. The van der Waals surface area contributed by atoms with Gasteiger partial charge in [0.05, 0.1) is 0 Å². The molecule has 0 saturated carbocycles. The SMILES string of the molecule is CCCC(=O)N1CCc2[nH]c3ccc(C)cc3c2CC1. The Labute approximate surface area is 120 Å². The van der Waals surface area contributed by atoms with E-state index in [1.807, 2.05) is 4.90 Å². The van der Waals surface area contributed by atoms with Crippen molar-refractivity contribution in [1.82, 2.24) is 9.88 Å². The van der Waals surface area contributed by atoms with Gasteiger partial charge in [-0.15, -0.1) is 0 Å². The summed E-state index contributed by atoms with van der Waals surface area (Å²) in [5, 5.41) is 1.34. The number of fused-ring (bicyclic) bond motifs is 3. The van der Waals surface area contributed by atoms with E-state index in [2.05, 4.69) is 37.0 Å². The van der Waals surface area contributed by atoms with Gasteiger partial charge in [-0.05, 0) is 37.5 Å². The van der Waals surface area contributed by atoms with E-state index in [1.54, 1.807) is 0 Å². The van der Waals surface area contributed by atoms with E-state index >= 15 is 0 Å². The molecule has 0 fully saturated rings. The maximum atomic E-state index is 12.1. The first-order valence-electron chi connectivity index (χ1n) is 7.57. The summed E-state index contributed by atoms with van der Waals surface area (Å²) in [6, 6.07) is 6.57. The van der Waals surface area contributed by atoms with E-state index in [0.29, 0.717) is 12.3 Å². The van der Waals surface area contributed by atoms with Crippen molar-refractivity contribution in [3.63, 3.8) is 0 Å². The number of aromatic amines is 1. The summed E-state index contributed by atoms with van der Waals surface area (Å²) in [7, 11) is 0. The Balaban J connectivity index is 1.88. The average molecular weight is 270 g/mol. The number of nitrogens with one attached hydrogen (secondary N) is 1. The zero-order chi connectivity index (χ0) is 14.1. The Bertz CT molecular complexity index is 642. The summed E-state index contributed by atoms with van der Waals surface area (Å²) in [4.78, 5) is 17.6. The number of H-pyrrole nitrogens is 1. The Morgan fingerprint density at radius 1 is 1.30 bits per heavy atom. The van der Waals surface area contributed by atoms with Gasteiger partial charge in [0.15, 0.2) is 0 Å². The van der Waals surface area contributed by atoms with Gasteiger partial charge in [0, 0.05) is 42.5 Å². The van der Waals surface area contributed by atoms with Crippen LogP contribution in [0.5, 0.6) is 0 Å². The molecule has 0 radical (unpaired) electrons. The highest BCUT2D eigenvalue weighted by atomic mass is 16.2. The van der Waals surface area contributed by atoms with E-state index in [4.69, 9.17) is 0 Å². The van der Waals surface area contributed by atoms with E-state index in [1.165, 1.54) is 27.7 Å². The maximum absolute atomic E-state index is 12.1. The number of benzene rings is 1. The predicted octanol–water partition coefficient (Wildman–Crippen LogP) is 3.20. The number of aromatic nitrogens is 1. The van der Waals surface area contributed by atoms with Gasteiger partial charge in [-0.2, -0.15) is 0 Å². The third-order valence-electron chi connectivity index (χ3n) is 4.23. The summed E-state index contributed by atoms with van der Waals surface area (Å²) < 4.78 is 0. The molecule has 1 aliphatic heterocycles. The van der Waals surface area contributed by atoms with Crippen LogP contribution in [0.25, 0.3) is 10.9 Å².